The lowest BCUT2D eigenvalue weighted by atomic mass is 9.85. The Balaban J connectivity index is 0.00000507. The average Bonchev–Trinajstić information content (AvgIpc) is 3.25. The van der Waals surface area contributed by atoms with Gasteiger partial charge in [-0.3, -0.25) is 19.7 Å². The standard InChI is InChI=1S/C27H39N5O4S.ClH/c1-16(2)22(26-30-31-27(36-26)37-17(3)4)25(35)29-23(33)19-10-12-21(13-11-19)28-24(34)20-9-7-8-18(14-20)15-32(5)6;/h7-9,14,16-17,19,21-22H,10-13,15H2,1-6H3,(H,28,34)(H,29,33,35);1H/t19?,21?,22-;/m1./s1. The maximum Gasteiger partial charge on any atom is 0.276 e. The Kier molecular flexibility index (Phi) is 12.3. The molecule has 2 N–H and O–H groups in total. The first kappa shape index (κ1) is 31.8. The molecule has 1 heterocycles. The Hall–Kier alpha value is -2.43. The summed E-state index contributed by atoms with van der Waals surface area (Å²) in [6.45, 7) is 8.58. The van der Waals surface area contributed by atoms with E-state index in [0.717, 1.165) is 12.1 Å². The topological polar surface area (TPSA) is 117 Å². The van der Waals surface area contributed by atoms with Crippen LogP contribution in [0, 0.1) is 11.8 Å². The van der Waals surface area contributed by atoms with Crippen LogP contribution >= 0.6 is 24.2 Å². The van der Waals surface area contributed by atoms with E-state index in [1.807, 2.05) is 66.1 Å². The number of aromatic nitrogens is 2. The van der Waals surface area contributed by atoms with Gasteiger partial charge >= 0.3 is 0 Å². The summed E-state index contributed by atoms with van der Waals surface area (Å²) in [5, 5.41) is 14.5. The minimum atomic E-state index is -0.697. The number of nitrogens with one attached hydrogen (secondary N) is 2. The van der Waals surface area contributed by atoms with Crippen LogP contribution < -0.4 is 10.6 Å². The maximum absolute atomic E-state index is 13.0. The largest absolute Gasteiger partial charge is 0.415 e. The molecule has 210 valence electrons. The third-order valence-electron chi connectivity index (χ3n) is 6.34. The lowest BCUT2D eigenvalue weighted by Crippen LogP contribution is -2.43. The first-order chi connectivity index (χ1) is 17.5. The summed E-state index contributed by atoms with van der Waals surface area (Å²) in [4.78, 5) is 40.7. The van der Waals surface area contributed by atoms with Gasteiger partial charge in [-0.25, -0.2) is 0 Å². The zero-order chi connectivity index (χ0) is 27.1. The van der Waals surface area contributed by atoms with Crippen molar-refractivity contribution in [2.75, 3.05) is 14.1 Å². The van der Waals surface area contributed by atoms with E-state index >= 15 is 0 Å². The van der Waals surface area contributed by atoms with Gasteiger partial charge < -0.3 is 14.6 Å². The SMILES string of the molecule is CC(C)Sc1nnc([C@@H](C(=O)NC(=O)C2CCC(NC(=O)c3cccc(CN(C)C)c3)CC2)C(C)C)o1.Cl. The lowest BCUT2D eigenvalue weighted by molar-refractivity contribution is -0.134. The second-order valence-electron chi connectivity index (χ2n) is 10.6. The summed E-state index contributed by atoms with van der Waals surface area (Å²) >= 11 is 1.43. The van der Waals surface area contributed by atoms with Crippen LogP contribution in [0.1, 0.15) is 81.1 Å². The molecule has 1 aliphatic rings. The number of hydrogen-bond acceptors (Lipinski definition) is 8. The molecule has 1 aromatic carbocycles. The van der Waals surface area contributed by atoms with Crippen LogP contribution in [0.3, 0.4) is 0 Å². The highest BCUT2D eigenvalue weighted by Crippen LogP contribution is 2.29. The van der Waals surface area contributed by atoms with E-state index in [1.165, 1.54) is 11.8 Å². The third-order valence-corrected chi connectivity index (χ3v) is 7.18. The molecule has 0 unspecified atom stereocenters. The monoisotopic (exact) mass is 565 g/mol. The van der Waals surface area contributed by atoms with Crippen molar-refractivity contribution in [3.63, 3.8) is 0 Å². The van der Waals surface area contributed by atoms with Gasteiger partial charge in [-0.2, -0.15) is 0 Å². The number of nitrogens with zero attached hydrogens (tertiary/aromatic N) is 3. The molecular formula is C27H40ClN5O4S. The minimum absolute atomic E-state index is 0. The zero-order valence-electron chi connectivity index (χ0n) is 23.0. The summed E-state index contributed by atoms with van der Waals surface area (Å²) in [5.41, 5.74) is 1.72. The first-order valence-electron chi connectivity index (χ1n) is 12.9. The molecule has 11 heteroatoms. The van der Waals surface area contributed by atoms with Crippen molar-refractivity contribution in [3.8, 4) is 0 Å². The predicted octanol–water partition coefficient (Wildman–Crippen LogP) is 4.42. The Labute approximate surface area is 235 Å². The number of carbonyl (C=O) groups excluding carboxylic acids is 3. The molecule has 9 nitrogen and oxygen atoms in total. The van der Waals surface area contributed by atoms with E-state index in [4.69, 9.17) is 4.42 Å². The summed E-state index contributed by atoms with van der Waals surface area (Å²) in [7, 11) is 3.98. The highest BCUT2D eigenvalue weighted by molar-refractivity contribution is 7.99. The van der Waals surface area contributed by atoms with E-state index in [1.54, 1.807) is 0 Å². The number of amides is 3. The molecule has 0 radical (unpaired) electrons. The van der Waals surface area contributed by atoms with Gasteiger partial charge in [0.25, 0.3) is 11.1 Å². The Morgan fingerprint density at radius 2 is 1.76 bits per heavy atom. The van der Waals surface area contributed by atoms with Gasteiger partial charge in [0.15, 0.2) is 0 Å². The van der Waals surface area contributed by atoms with Gasteiger partial charge in [0.2, 0.25) is 17.7 Å². The molecule has 1 atom stereocenters. The van der Waals surface area contributed by atoms with Crippen molar-refractivity contribution in [2.24, 2.45) is 11.8 Å². The number of carbonyl (C=O) groups is 3. The fourth-order valence-corrected chi connectivity index (χ4v) is 5.17. The Bertz CT molecular complexity index is 1080. The van der Waals surface area contributed by atoms with Gasteiger partial charge in [-0.15, -0.1) is 22.6 Å². The molecule has 0 spiro atoms. The molecular weight excluding hydrogens is 526 g/mol. The Morgan fingerprint density at radius 3 is 2.37 bits per heavy atom. The normalized spacial score (nSPS) is 18.2. The van der Waals surface area contributed by atoms with Crippen molar-refractivity contribution in [1.82, 2.24) is 25.7 Å². The highest BCUT2D eigenvalue weighted by Gasteiger charge is 2.34. The van der Waals surface area contributed by atoms with Crippen LogP contribution in [0.4, 0.5) is 0 Å². The summed E-state index contributed by atoms with van der Waals surface area (Å²) in [6.07, 6.45) is 2.57. The number of rotatable bonds is 10. The van der Waals surface area contributed by atoms with Crippen LogP contribution in [-0.2, 0) is 16.1 Å². The van der Waals surface area contributed by atoms with Gasteiger partial charge in [0.1, 0.15) is 5.92 Å². The van der Waals surface area contributed by atoms with E-state index in [-0.39, 0.29) is 53.2 Å². The van der Waals surface area contributed by atoms with Gasteiger partial charge in [0.05, 0.1) is 0 Å². The fraction of sp³-hybridized carbons (Fsp3) is 0.593. The molecule has 3 rings (SSSR count). The summed E-state index contributed by atoms with van der Waals surface area (Å²) < 4.78 is 5.71. The Morgan fingerprint density at radius 1 is 1.08 bits per heavy atom. The average molecular weight is 566 g/mol. The number of imide groups is 1. The van der Waals surface area contributed by atoms with E-state index in [2.05, 4.69) is 25.7 Å². The highest BCUT2D eigenvalue weighted by atomic mass is 35.5. The molecule has 1 aliphatic carbocycles. The minimum Gasteiger partial charge on any atom is -0.415 e. The van der Waals surface area contributed by atoms with E-state index in [9.17, 15) is 14.4 Å². The molecule has 38 heavy (non-hydrogen) atoms. The predicted molar refractivity (Wildman–Crippen MR) is 150 cm³/mol. The van der Waals surface area contributed by atoms with Crippen LogP contribution in [0.5, 0.6) is 0 Å². The van der Waals surface area contributed by atoms with Gasteiger partial charge in [-0.05, 0) is 63.4 Å². The van der Waals surface area contributed by atoms with Crippen LogP contribution in [0.15, 0.2) is 33.9 Å². The van der Waals surface area contributed by atoms with Crippen molar-refractivity contribution >= 4 is 41.9 Å². The molecule has 1 saturated carbocycles. The second kappa shape index (κ2) is 14.6. The van der Waals surface area contributed by atoms with Crippen LogP contribution in [-0.4, -0.2) is 58.2 Å². The number of benzene rings is 1. The fourth-order valence-electron chi connectivity index (χ4n) is 4.54. The van der Waals surface area contributed by atoms with Gasteiger partial charge in [-0.1, -0.05) is 51.6 Å². The van der Waals surface area contributed by atoms with Gasteiger partial charge in [0, 0.05) is 29.3 Å². The molecule has 1 aromatic heterocycles. The smallest absolute Gasteiger partial charge is 0.276 e. The summed E-state index contributed by atoms with van der Waals surface area (Å²) in [6, 6.07) is 7.64. The third kappa shape index (κ3) is 9.10. The lowest BCUT2D eigenvalue weighted by Gasteiger charge is -2.28. The van der Waals surface area contributed by atoms with Crippen LogP contribution in [0.2, 0.25) is 0 Å². The molecule has 1 fully saturated rings. The molecule has 0 bridgehead atoms. The summed E-state index contributed by atoms with van der Waals surface area (Å²) in [5.74, 6) is -1.67. The van der Waals surface area contributed by atoms with Crippen molar-refractivity contribution < 1.29 is 18.8 Å². The quantitative estimate of drug-likeness (QED) is 0.406. The molecule has 3 amide bonds. The molecule has 0 aliphatic heterocycles. The number of thioether (sulfide) groups is 1. The second-order valence-corrected chi connectivity index (χ2v) is 12.1. The number of hydrogen-bond donors (Lipinski definition) is 2. The van der Waals surface area contributed by atoms with E-state index in [0.29, 0.717) is 36.5 Å². The maximum atomic E-state index is 13.0. The first-order valence-corrected chi connectivity index (χ1v) is 13.8. The van der Waals surface area contributed by atoms with Crippen molar-refractivity contribution in [3.05, 3.63) is 41.3 Å². The van der Waals surface area contributed by atoms with E-state index < -0.39 is 11.8 Å². The molecule has 0 saturated heterocycles. The van der Waals surface area contributed by atoms with Crippen molar-refractivity contribution in [2.45, 2.75) is 82.4 Å². The zero-order valence-corrected chi connectivity index (χ0v) is 24.7. The van der Waals surface area contributed by atoms with Crippen LogP contribution in [0.25, 0.3) is 0 Å². The molecule has 2 aromatic rings. The van der Waals surface area contributed by atoms with Crippen molar-refractivity contribution in [1.29, 1.82) is 0 Å². The number of halogens is 1.